The highest BCUT2D eigenvalue weighted by atomic mass is 19.2. The Hall–Kier alpha value is -4.37. The molecule has 184 valence electrons. The van der Waals surface area contributed by atoms with Crippen molar-refractivity contribution in [1.82, 2.24) is 4.90 Å². The maximum Gasteiger partial charge on any atom is 0.258 e. The van der Waals surface area contributed by atoms with Crippen LogP contribution < -0.4 is 11.1 Å². The number of carbonyl (C=O) groups excluding carboxylic acids is 1. The Bertz CT molecular complexity index is 1340. The molecular weight excluding hydrogens is 474 g/mol. The number of benzene rings is 3. The number of aliphatic hydroxyl groups excluding tert-OH is 1. The van der Waals surface area contributed by atoms with Crippen molar-refractivity contribution >= 4 is 11.6 Å². The summed E-state index contributed by atoms with van der Waals surface area (Å²) in [6.07, 6.45) is 4.26. The van der Waals surface area contributed by atoms with E-state index in [0.717, 1.165) is 5.56 Å². The topological polar surface area (TPSA) is 78.6 Å². The highest BCUT2D eigenvalue weighted by Crippen LogP contribution is 2.37. The van der Waals surface area contributed by atoms with Gasteiger partial charge in [0.1, 0.15) is 5.69 Å². The maximum absolute atomic E-state index is 14.8. The first-order valence-electron chi connectivity index (χ1n) is 10.9. The standard InChI is InChI=1S/C27H21F4N3O2/c28-21-19(17-11-5-2-6-12-17)22(29)24(31)25(23(21)30)33-26(35)20-18(13-7-8-14-32)34(27(20)36)15-16-9-3-1-4-10-16/h1-14,27,36H,15,32H2,(H,33,35)/b13-7-,14-8-. The van der Waals surface area contributed by atoms with Gasteiger partial charge in [-0.1, -0.05) is 66.7 Å². The number of carbonyl (C=O) groups is 1. The van der Waals surface area contributed by atoms with Crippen molar-refractivity contribution in [1.29, 1.82) is 0 Å². The molecule has 4 rings (SSSR count). The number of hydrogen-bond acceptors (Lipinski definition) is 4. The van der Waals surface area contributed by atoms with Crippen LogP contribution in [0.5, 0.6) is 0 Å². The summed E-state index contributed by atoms with van der Waals surface area (Å²) in [7, 11) is 0. The lowest BCUT2D eigenvalue weighted by molar-refractivity contribution is -0.117. The van der Waals surface area contributed by atoms with Gasteiger partial charge >= 0.3 is 0 Å². The molecule has 0 fully saturated rings. The fraction of sp³-hybridized carbons (Fsp3) is 0.0741. The predicted molar refractivity (Wildman–Crippen MR) is 128 cm³/mol. The van der Waals surface area contributed by atoms with Crippen molar-refractivity contribution in [3.63, 3.8) is 0 Å². The summed E-state index contributed by atoms with van der Waals surface area (Å²) in [5, 5.41) is 12.5. The number of allylic oxidation sites excluding steroid dienone is 3. The molecular formula is C27H21F4N3O2. The predicted octanol–water partition coefficient (Wildman–Crippen LogP) is 4.97. The Kier molecular flexibility index (Phi) is 7.21. The number of halogens is 4. The molecule has 0 spiro atoms. The number of aliphatic hydroxyl groups is 1. The first-order chi connectivity index (χ1) is 17.3. The summed E-state index contributed by atoms with van der Waals surface area (Å²) in [5.74, 6) is -7.96. The largest absolute Gasteiger partial charge is 0.405 e. The van der Waals surface area contributed by atoms with Gasteiger partial charge in [-0.15, -0.1) is 0 Å². The molecule has 3 aromatic carbocycles. The third kappa shape index (κ3) is 4.60. The van der Waals surface area contributed by atoms with E-state index in [2.05, 4.69) is 0 Å². The smallest absolute Gasteiger partial charge is 0.258 e. The molecule has 0 saturated heterocycles. The highest BCUT2D eigenvalue weighted by molar-refractivity contribution is 6.06. The van der Waals surface area contributed by atoms with Crippen LogP contribution >= 0.6 is 0 Å². The van der Waals surface area contributed by atoms with E-state index in [0.29, 0.717) is 0 Å². The van der Waals surface area contributed by atoms with E-state index < -0.39 is 46.7 Å². The van der Waals surface area contributed by atoms with Gasteiger partial charge in [0, 0.05) is 6.54 Å². The van der Waals surface area contributed by atoms with Crippen molar-refractivity contribution in [3.05, 3.63) is 125 Å². The molecule has 1 unspecified atom stereocenters. The van der Waals surface area contributed by atoms with Crippen LogP contribution in [-0.4, -0.2) is 22.1 Å². The molecule has 4 N–H and O–H groups in total. The van der Waals surface area contributed by atoms with Gasteiger partial charge in [0.25, 0.3) is 5.91 Å². The lowest BCUT2D eigenvalue weighted by Gasteiger charge is -2.42. The zero-order valence-corrected chi connectivity index (χ0v) is 18.8. The number of nitrogens with two attached hydrogens (primary N) is 1. The summed E-state index contributed by atoms with van der Waals surface area (Å²) in [4.78, 5) is 14.4. The zero-order chi connectivity index (χ0) is 25.8. The van der Waals surface area contributed by atoms with Gasteiger partial charge < -0.3 is 21.1 Å². The van der Waals surface area contributed by atoms with Crippen LogP contribution in [0.2, 0.25) is 0 Å². The highest BCUT2D eigenvalue weighted by Gasteiger charge is 2.40. The van der Waals surface area contributed by atoms with Crippen LogP contribution in [0.3, 0.4) is 0 Å². The van der Waals surface area contributed by atoms with Crippen LogP contribution in [-0.2, 0) is 11.3 Å². The van der Waals surface area contributed by atoms with Gasteiger partial charge in [-0.25, -0.2) is 17.6 Å². The van der Waals surface area contributed by atoms with Crippen molar-refractivity contribution in [2.24, 2.45) is 5.73 Å². The number of hydrogen-bond donors (Lipinski definition) is 3. The van der Waals surface area contributed by atoms with Crippen LogP contribution in [0.4, 0.5) is 23.2 Å². The fourth-order valence-electron chi connectivity index (χ4n) is 3.87. The Labute approximate surface area is 204 Å². The molecule has 0 saturated carbocycles. The van der Waals surface area contributed by atoms with E-state index >= 15 is 0 Å². The van der Waals surface area contributed by atoms with Crippen LogP contribution in [0.1, 0.15) is 5.56 Å². The minimum Gasteiger partial charge on any atom is -0.405 e. The monoisotopic (exact) mass is 495 g/mol. The summed E-state index contributed by atoms with van der Waals surface area (Å²) in [6.45, 7) is 0.225. The first-order valence-corrected chi connectivity index (χ1v) is 10.9. The van der Waals surface area contributed by atoms with Gasteiger partial charge in [-0.2, -0.15) is 0 Å². The molecule has 0 aromatic heterocycles. The van der Waals surface area contributed by atoms with Crippen LogP contribution in [0.15, 0.2) is 96.4 Å². The average molecular weight is 495 g/mol. The maximum atomic E-state index is 14.8. The minimum absolute atomic E-state index is 0.0720. The third-order valence-electron chi connectivity index (χ3n) is 5.62. The number of nitrogens with one attached hydrogen (secondary N) is 1. The molecule has 3 aromatic rings. The molecule has 9 heteroatoms. The Balaban J connectivity index is 1.69. The molecule has 1 heterocycles. The average Bonchev–Trinajstić information content (AvgIpc) is 2.89. The molecule has 0 bridgehead atoms. The van der Waals surface area contributed by atoms with E-state index in [1.807, 2.05) is 23.5 Å². The summed E-state index contributed by atoms with van der Waals surface area (Å²) < 4.78 is 59.2. The van der Waals surface area contributed by atoms with Crippen LogP contribution in [0.25, 0.3) is 11.1 Å². The van der Waals surface area contributed by atoms with Crippen molar-refractivity contribution < 1.29 is 27.5 Å². The quantitative estimate of drug-likeness (QED) is 0.246. The van der Waals surface area contributed by atoms with E-state index in [1.165, 1.54) is 53.6 Å². The molecule has 5 nitrogen and oxygen atoms in total. The molecule has 1 amide bonds. The van der Waals surface area contributed by atoms with Gasteiger partial charge in [0.2, 0.25) is 0 Å². The number of nitrogens with zero attached hydrogens (tertiary/aromatic N) is 1. The van der Waals surface area contributed by atoms with Gasteiger partial charge in [-0.05, 0) is 29.5 Å². The van der Waals surface area contributed by atoms with Crippen LogP contribution in [0, 0.1) is 23.3 Å². The Morgan fingerprint density at radius 2 is 1.50 bits per heavy atom. The second-order valence-corrected chi connectivity index (χ2v) is 7.86. The molecule has 1 aliphatic rings. The zero-order valence-electron chi connectivity index (χ0n) is 18.8. The van der Waals surface area contributed by atoms with Crippen molar-refractivity contribution in [2.75, 3.05) is 5.32 Å². The molecule has 1 aliphatic heterocycles. The lowest BCUT2D eigenvalue weighted by Crippen LogP contribution is -2.49. The summed E-state index contributed by atoms with van der Waals surface area (Å²) in [6, 6.07) is 16.1. The Morgan fingerprint density at radius 1 is 0.917 bits per heavy atom. The summed E-state index contributed by atoms with van der Waals surface area (Å²) >= 11 is 0. The lowest BCUT2D eigenvalue weighted by atomic mass is 9.98. The molecule has 36 heavy (non-hydrogen) atoms. The minimum atomic E-state index is -1.76. The van der Waals surface area contributed by atoms with Gasteiger partial charge in [0.15, 0.2) is 29.5 Å². The van der Waals surface area contributed by atoms with Crippen molar-refractivity contribution in [3.8, 4) is 11.1 Å². The first kappa shape index (κ1) is 24.7. The third-order valence-corrected chi connectivity index (χ3v) is 5.62. The molecule has 0 aliphatic carbocycles. The van der Waals surface area contributed by atoms with Crippen molar-refractivity contribution in [2.45, 2.75) is 12.8 Å². The SMILES string of the molecule is N/C=C\C=C/C1=C(C(=O)Nc2c(F)c(F)c(-c3ccccc3)c(F)c2F)C(O)N1Cc1ccccc1. The van der Waals surface area contributed by atoms with E-state index in [9.17, 15) is 27.5 Å². The van der Waals surface area contributed by atoms with Gasteiger partial charge in [0.05, 0.1) is 16.8 Å². The Morgan fingerprint density at radius 3 is 2.08 bits per heavy atom. The van der Waals surface area contributed by atoms with E-state index in [1.54, 1.807) is 18.2 Å². The van der Waals surface area contributed by atoms with E-state index in [4.69, 9.17) is 5.73 Å². The second-order valence-electron chi connectivity index (χ2n) is 7.86. The second kappa shape index (κ2) is 10.5. The fourth-order valence-corrected chi connectivity index (χ4v) is 3.87. The number of anilines is 1. The number of rotatable bonds is 7. The molecule has 1 atom stereocenters. The van der Waals surface area contributed by atoms with Gasteiger partial charge in [-0.3, -0.25) is 4.79 Å². The van der Waals surface area contributed by atoms with E-state index in [-0.39, 0.29) is 23.4 Å². The normalized spacial score (nSPS) is 15.6. The molecule has 0 radical (unpaired) electrons. The number of amides is 1. The summed E-state index contributed by atoms with van der Waals surface area (Å²) in [5.41, 5.74) is 3.91.